The van der Waals surface area contributed by atoms with Crippen molar-refractivity contribution in [2.75, 3.05) is 5.75 Å². The standard InChI is InChI=1S/C23H14Cl2F6N2OS/c24-15-10-16-21(20(25)19(15)14-3-1-2-4-17(14)34-23(29,30)31)33-18(32-16)9-12-5-7-13(8-6-12)35-11-22(26,27)28/h1-8,10H,9,11H2,(H,32,33). The fraction of sp³-hybridized carbons (Fsp3) is 0.174. The Morgan fingerprint density at radius 1 is 0.943 bits per heavy atom. The van der Waals surface area contributed by atoms with E-state index in [0.29, 0.717) is 39.9 Å². The smallest absolute Gasteiger partial charge is 0.405 e. The van der Waals surface area contributed by atoms with Gasteiger partial charge in [0, 0.05) is 22.4 Å². The molecule has 0 atom stereocenters. The summed E-state index contributed by atoms with van der Waals surface area (Å²) in [6.45, 7) is 0. The van der Waals surface area contributed by atoms with E-state index in [0.717, 1.165) is 11.6 Å². The first kappa shape index (κ1) is 25.5. The lowest BCUT2D eigenvalue weighted by Crippen LogP contribution is -2.17. The van der Waals surface area contributed by atoms with E-state index < -0.39 is 24.0 Å². The first-order chi connectivity index (χ1) is 16.4. The Morgan fingerprint density at radius 3 is 2.29 bits per heavy atom. The molecule has 1 aromatic heterocycles. The average Bonchev–Trinajstić information content (AvgIpc) is 3.15. The molecule has 0 amide bonds. The van der Waals surface area contributed by atoms with Crippen LogP contribution in [0.15, 0.2) is 59.5 Å². The maximum Gasteiger partial charge on any atom is 0.573 e. The quantitative estimate of drug-likeness (QED) is 0.193. The molecule has 0 aliphatic rings. The molecular weight excluding hydrogens is 537 g/mol. The summed E-state index contributed by atoms with van der Waals surface area (Å²) in [5, 5.41) is 0.147. The number of alkyl halides is 6. The molecule has 0 bridgehead atoms. The predicted octanol–water partition coefficient (Wildman–Crippen LogP) is 8.68. The van der Waals surface area contributed by atoms with Crippen molar-refractivity contribution in [2.45, 2.75) is 23.9 Å². The van der Waals surface area contributed by atoms with Gasteiger partial charge in [-0.25, -0.2) is 4.98 Å². The maximum atomic E-state index is 12.9. The van der Waals surface area contributed by atoms with Crippen molar-refractivity contribution in [2.24, 2.45) is 0 Å². The van der Waals surface area contributed by atoms with Crippen molar-refractivity contribution in [3.8, 4) is 16.9 Å². The largest absolute Gasteiger partial charge is 0.573 e. The topological polar surface area (TPSA) is 37.9 Å². The zero-order valence-corrected chi connectivity index (χ0v) is 19.7. The van der Waals surface area contributed by atoms with Crippen molar-refractivity contribution in [1.29, 1.82) is 0 Å². The van der Waals surface area contributed by atoms with Gasteiger partial charge in [0.25, 0.3) is 0 Å². The highest BCUT2D eigenvalue weighted by molar-refractivity contribution is 7.99. The zero-order chi connectivity index (χ0) is 25.4. The van der Waals surface area contributed by atoms with Crippen LogP contribution in [0.4, 0.5) is 26.3 Å². The van der Waals surface area contributed by atoms with Crippen molar-refractivity contribution in [1.82, 2.24) is 9.97 Å². The van der Waals surface area contributed by atoms with Crippen LogP contribution in [0.1, 0.15) is 11.4 Å². The molecule has 0 saturated carbocycles. The zero-order valence-electron chi connectivity index (χ0n) is 17.4. The summed E-state index contributed by atoms with van der Waals surface area (Å²) in [6, 6.07) is 13.6. The number of imidazole rings is 1. The van der Waals surface area contributed by atoms with Crippen molar-refractivity contribution >= 4 is 46.0 Å². The van der Waals surface area contributed by atoms with E-state index in [1.807, 2.05) is 0 Å². The number of benzene rings is 3. The molecule has 4 aromatic rings. The first-order valence-electron chi connectivity index (χ1n) is 9.90. The Morgan fingerprint density at radius 2 is 1.63 bits per heavy atom. The molecule has 4 rings (SSSR count). The minimum absolute atomic E-state index is 0.0483. The molecule has 35 heavy (non-hydrogen) atoms. The Labute approximate surface area is 209 Å². The molecule has 0 aliphatic heterocycles. The molecule has 1 heterocycles. The number of aromatic amines is 1. The summed E-state index contributed by atoms with van der Waals surface area (Å²) in [7, 11) is 0. The Kier molecular flexibility index (Phi) is 7.17. The van der Waals surface area contributed by atoms with Crippen LogP contribution in [-0.2, 0) is 6.42 Å². The minimum atomic E-state index is -4.90. The fourth-order valence-corrected chi connectivity index (χ4v) is 4.77. The molecule has 3 nitrogen and oxygen atoms in total. The molecule has 0 saturated heterocycles. The van der Waals surface area contributed by atoms with E-state index in [1.165, 1.54) is 24.3 Å². The van der Waals surface area contributed by atoms with Crippen molar-refractivity contribution in [3.05, 3.63) is 76.0 Å². The summed E-state index contributed by atoms with van der Waals surface area (Å²) in [6.07, 6.45) is -8.84. The SMILES string of the molecule is FC(F)(F)CSc1ccc(Cc2nc3c(Cl)c(-c4ccccc4OC(F)(F)F)c(Cl)cc3[nH]2)cc1. The lowest BCUT2D eigenvalue weighted by atomic mass is 10.0. The van der Waals surface area contributed by atoms with Gasteiger partial charge in [-0.3, -0.25) is 0 Å². The van der Waals surface area contributed by atoms with Gasteiger partial charge in [0.05, 0.1) is 21.3 Å². The van der Waals surface area contributed by atoms with Crippen molar-refractivity contribution in [3.63, 3.8) is 0 Å². The van der Waals surface area contributed by atoms with Gasteiger partial charge in [0.15, 0.2) is 0 Å². The van der Waals surface area contributed by atoms with Gasteiger partial charge in [-0.15, -0.1) is 24.9 Å². The van der Waals surface area contributed by atoms with Gasteiger partial charge in [0.2, 0.25) is 0 Å². The van der Waals surface area contributed by atoms with Gasteiger partial charge in [0.1, 0.15) is 17.1 Å². The van der Waals surface area contributed by atoms with Crippen LogP contribution >= 0.6 is 35.0 Å². The number of fused-ring (bicyclic) bond motifs is 1. The number of H-pyrrole nitrogens is 1. The van der Waals surface area contributed by atoms with Gasteiger partial charge in [-0.2, -0.15) is 13.2 Å². The van der Waals surface area contributed by atoms with Crippen LogP contribution < -0.4 is 4.74 Å². The Bertz CT molecular complexity index is 1350. The van der Waals surface area contributed by atoms with E-state index in [1.54, 1.807) is 24.3 Å². The third-order valence-corrected chi connectivity index (χ3v) is 6.54. The van der Waals surface area contributed by atoms with Crippen LogP contribution in [0.25, 0.3) is 22.2 Å². The number of nitrogens with zero attached hydrogens (tertiary/aromatic N) is 1. The second-order valence-electron chi connectivity index (χ2n) is 7.40. The molecule has 12 heteroatoms. The summed E-state index contributed by atoms with van der Waals surface area (Å²) in [4.78, 5) is 8.02. The molecule has 0 spiro atoms. The summed E-state index contributed by atoms with van der Waals surface area (Å²) in [5.41, 5.74) is 1.76. The normalized spacial score (nSPS) is 12.3. The highest BCUT2D eigenvalue weighted by atomic mass is 35.5. The number of ether oxygens (including phenoxy) is 1. The number of hydrogen-bond acceptors (Lipinski definition) is 3. The first-order valence-corrected chi connectivity index (χ1v) is 11.6. The molecule has 184 valence electrons. The lowest BCUT2D eigenvalue weighted by molar-refractivity contribution is -0.274. The van der Waals surface area contributed by atoms with E-state index in [-0.39, 0.29) is 21.2 Å². The van der Waals surface area contributed by atoms with Gasteiger partial charge in [-0.05, 0) is 29.8 Å². The molecule has 0 unspecified atom stereocenters. The third kappa shape index (κ3) is 6.36. The van der Waals surface area contributed by atoms with E-state index in [4.69, 9.17) is 23.2 Å². The van der Waals surface area contributed by atoms with Crippen LogP contribution in [0.5, 0.6) is 5.75 Å². The van der Waals surface area contributed by atoms with Gasteiger partial charge in [-0.1, -0.05) is 53.5 Å². The minimum Gasteiger partial charge on any atom is -0.405 e. The molecular formula is C23H14Cl2F6N2OS. The monoisotopic (exact) mass is 550 g/mol. The Hall–Kier alpha value is -2.56. The highest BCUT2D eigenvalue weighted by Gasteiger charge is 2.33. The number of aromatic nitrogens is 2. The number of thioether (sulfide) groups is 1. The van der Waals surface area contributed by atoms with E-state index >= 15 is 0 Å². The number of hydrogen-bond donors (Lipinski definition) is 1. The number of nitrogens with one attached hydrogen (secondary N) is 1. The molecule has 3 aromatic carbocycles. The summed E-state index contributed by atoms with van der Waals surface area (Å²) >= 11 is 13.6. The predicted molar refractivity (Wildman–Crippen MR) is 124 cm³/mol. The van der Waals surface area contributed by atoms with Crippen molar-refractivity contribution < 1.29 is 31.1 Å². The summed E-state index contributed by atoms with van der Waals surface area (Å²) in [5.74, 6) is -0.942. The van der Waals surface area contributed by atoms with Crippen LogP contribution in [0.2, 0.25) is 10.0 Å². The van der Waals surface area contributed by atoms with E-state index in [9.17, 15) is 26.3 Å². The molecule has 1 N–H and O–H groups in total. The fourth-order valence-electron chi connectivity index (χ4n) is 3.41. The maximum absolute atomic E-state index is 12.9. The molecule has 0 radical (unpaired) electrons. The second kappa shape index (κ2) is 9.83. The van der Waals surface area contributed by atoms with Crippen LogP contribution in [0.3, 0.4) is 0 Å². The molecule has 0 aliphatic carbocycles. The van der Waals surface area contributed by atoms with Gasteiger partial charge < -0.3 is 9.72 Å². The highest BCUT2D eigenvalue weighted by Crippen LogP contribution is 2.44. The van der Waals surface area contributed by atoms with Crippen LogP contribution in [0, 0.1) is 0 Å². The lowest BCUT2D eigenvalue weighted by Gasteiger charge is -2.15. The number of rotatable bonds is 6. The number of halogens is 8. The van der Waals surface area contributed by atoms with E-state index in [2.05, 4.69) is 14.7 Å². The Balaban J connectivity index is 1.63. The third-order valence-electron chi connectivity index (χ3n) is 4.80. The van der Waals surface area contributed by atoms with Crippen LogP contribution in [-0.4, -0.2) is 28.3 Å². The molecule has 0 fully saturated rings. The van der Waals surface area contributed by atoms with Gasteiger partial charge >= 0.3 is 12.5 Å². The number of para-hydroxylation sites is 1. The average molecular weight is 551 g/mol. The second-order valence-corrected chi connectivity index (χ2v) is 9.23. The summed E-state index contributed by atoms with van der Waals surface area (Å²) < 4.78 is 79.9.